The first-order chi connectivity index (χ1) is 11.2. The van der Waals surface area contributed by atoms with E-state index >= 15 is 0 Å². The van der Waals surface area contributed by atoms with Crippen molar-refractivity contribution in [2.75, 3.05) is 13.3 Å². The first-order valence-corrected chi connectivity index (χ1v) is 7.86. The lowest BCUT2D eigenvalue weighted by molar-refractivity contribution is -0.138. The number of carbonyl (C=O) groups excluding carboxylic acids is 2. The Labute approximate surface area is 134 Å². The van der Waals surface area contributed by atoms with Crippen molar-refractivity contribution in [3.8, 4) is 11.5 Å². The quantitative estimate of drug-likeness (QED) is 0.848. The van der Waals surface area contributed by atoms with Gasteiger partial charge in [-0.1, -0.05) is 18.2 Å². The van der Waals surface area contributed by atoms with Crippen molar-refractivity contribution in [3.05, 3.63) is 35.9 Å². The molecule has 1 aliphatic carbocycles. The van der Waals surface area contributed by atoms with Gasteiger partial charge in [-0.15, -0.1) is 0 Å². The molecule has 4 rings (SSSR count). The van der Waals surface area contributed by atoms with Gasteiger partial charge in [-0.05, 0) is 30.5 Å². The Balaban J connectivity index is 1.37. The lowest BCUT2D eigenvalue weighted by atomic mass is 10.2. The number of rotatable bonds is 4. The first kappa shape index (κ1) is 14.1. The van der Waals surface area contributed by atoms with Gasteiger partial charge in [-0.25, -0.2) is 0 Å². The van der Waals surface area contributed by atoms with E-state index in [1.54, 1.807) is 11.0 Å². The van der Waals surface area contributed by atoms with Gasteiger partial charge in [0, 0.05) is 19.0 Å². The van der Waals surface area contributed by atoms with E-state index in [0.29, 0.717) is 18.8 Å². The number of hydrogen-bond donors (Lipinski definition) is 1. The molecule has 1 aromatic carbocycles. The van der Waals surface area contributed by atoms with E-state index in [4.69, 9.17) is 9.47 Å². The molecule has 1 fully saturated rings. The van der Waals surface area contributed by atoms with Gasteiger partial charge in [0.1, 0.15) is 6.04 Å². The van der Waals surface area contributed by atoms with E-state index in [1.165, 1.54) is 0 Å². The molecule has 0 unspecified atom stereocenters. The third-order valence-corrected chi connectivity index (χ3v) is 4.34. The summed E-state index contributed by atoms with van der Waals surface area (Å²) in [4.78, 5) is 26.3. The van der Waals surface area contributed by atoms with Gasteiger partial charge in [0.15, 0.2) is 11.5 Å². The van der Waals surface area contributed by atoms with Crippen LogP contribution in [-0.4, -0.2) is 36.1 Å². The number of amides is 2. The van der Waals surface area contributed by atoms with Crippen LogP contribution in [0.3, 0.4) is 0 Å². The summed E-state index contributed by atoms with van der Waals surface area (Å²) in [5.41, 5.74) is 0.935. The highest BCUT2D eigenvalue weighted by Gasteiger charge is 2.38. The molecule has 2 amide bonds. The molecule has 0 radical (unpaired) electrons. The van der Waals surface area contributed by atoms with Crippen LogP contribution in [-0.2, 0) is 16.1 Å². The number of carbonyl (C=O) groups is 2. The average Bonchev–Trinajstić information content (AvgIpc) is 3.11. The highest BCUT2D eigenvalue weighted by Crippen LogP contribution is 2.33. The zero-order valence-corrected chi connectivity index (χ0v) is 12.7. The Hall–Kier alpha value is -2.50. The molecular formula is C17H18N2O4. The van der Waals surface area contributed by atoms with Crippen molar-refractivity contribution in [2.24, 2.45) is 5.92 Å². The van der Waals surface area contributed by atoms with Crippen LogP contribution in [0.5, 0.6) is 11.5 Å². The molecule has 1 aromatic rings. The number of hydrogen-bond acceptors (Lipinski definition) is 4. The SMILES string of the molecule is O=C(NCc1ccc2c(c1)OCO2)[C@@H]1C=CCN1C(=O)C1CC1. The molecule has 0 saturated heterocycles. The van der Waals surface area contributed by atoms with Gasteiger partial charge < -0.3 is 19.7 Å². The van der Waals surface area contributed by atoms with Gasteiger partial charge in [-0.3, -0.25) is 9.59 Å². The van der Waals surface area contributed by atoms with Gasteiger partial charge >= 0.3 is 0 Å². The van der Waals surface area contributed by atoms with Gasteiger partial charge in [-0.2, -0.15) is 0 Å². The predicted molar refractivity (Wildman–Crippen MR) is 81.8 cm³/mol. The van der Waals surface area contributed by atoms with Crippen LogP contribution in [0.25, 0.3) is 0 Å². The zero-order chi connectivity index (χ0) is 15.8. The van der Waals surface area contributed by atoms with E-state index < -0.39 is 6.04 Å². The minimum atomic E-state index is -0.489. The summed E-state index contributed by atoms with van der Waals surface area (Å²) in [6.45, 7) is 1.15. The maximum Gasteiger partial charge on any atom is 0.247 e. The second kappa shape index (κ2) is 5.61. The van der Waals surface area contributed by atoms with E-state index in [1.807, 2.05) is 24.3 Å². The van der Waals surface area contributed by atoms with E-state index in [-0.39, 0.29) is 24.5 Å². The lowest BCUT2D eigenvalue weighted by Gasteiger charge is -2.23. The molecule has 0 spiro atoms. The summed E-state index contributed by atoms with van der Waals surface area (Å²) in [6.07, 6.45) is 5.57. The first-order valence-electron chi connectivity index (χ1n) is 7.86. The largest absolute Gasteiger partial charge is 0.454 e. The topological polar surface area (TPSA) is 67.9 Å². The molecule has 2 aliphatic heterocycles. The molecule has 120 valence electrons. The summed E-state index contributed by atoms with van der Waals surface area (Å²) in [7, 11) is 0. The molecule has 1 N–H and O–H groups in total. The van der Waals surface area contributed by atoms with Crippen LogP contribution in [0.1, 0.15) is 18.4 Å². The Morgan fingerprint density at radius 2 is 2.04 bits per heavy atom. The predicted octanol–water partition coefficient (Wildman–Crippen LogP) is 1.21. The highest BCUT2D eigenvalue weighted by molar-refractivity contribution is 5.91. The molecule has 2 heterocycles. The van der Waals surface area contributed by atoms with Crippen molar-refractivity contribution in [2.45, 2.75) is 25.4 Å². The monoisotopic (exact) mass is 314 g/mol. The Bertz CT molecular complexity index is 681. The van der Waals surface area contributed by atoms with Crippen molar-refractivity contribution < 1.29 is 19.1 Å². The number of nitrogens with one attached hydrogen (secondary N) is 1. The molecule has 6 nitrogen and oxygen atoms in total. The van der Waals surface area contributed by atoms with E-state index in [2.05, 4.69) is 5.32 Å². The molecule has 6 heteroatoms. The fourth-order valence-corrected chi connectivity index (χ4v) is 2.89. The minimum absolute atomic E-state index is 0.0956. The number of ether oxygens (including phenoxy) is 2. The summed E-state index contributed by atoms with van der Waals surface area (Å²) in [5.74, 6) is 1.49. The Kier molecular flexibility index (Phi) is 3.44. The molecular weight excluding hydrogens is 296 g/mol. The summed E-state index contributed by atoms with van der Waals surface area (Å²) in [6, 6.07) is 5.10. The van der Waals surface area contributed by atoms with Gasteiger partial charge in [0.2, 0.25) is 18.6 Å². The van der Waals surface area contributed by atoms with Crippen molar-refractivity contribution in [1.82, 2.24) is 10.2 Å². The Morgan fingerprint density at radius 3 is 2.87 bits per heavy atom. The standard InChI is InChI=1S/C17H18N2O4/c20-16(13-2-1-7-19(13)17(21)12-4-5-12)18-9-11-3-6-14-15(8-11)23-10-22-14/h1-3,6,8,12-13H,4-5,7,9-10H2,(H,18,20)/t13-/m0/s1. The van der Waals surface area contributed by atoms with Crippen LogP contribution in [0.2, 0.25) is 0 Å². The van der Waals surface area contributed by atoms with Crippen LogP contribution in [0.15, 0.2) is 30.4 Å². The molecule has 0 bridgehead atoms. The molecule has 1 atom stereocenters. The van der Waals surface area contributed by atoms with Crippen molar-refractivity contribution >= 4 is 11.8 Å². The van der Waals surface area contributed by atoms with E-state index in [9.17, 15) is 9.59 Å². The van der Waals surface area contributed by atoms with Crippen molar-refractivity contribution in [1.29, 1.82) is 0 Å². The van der Waals surface area contributed by atoms with Crippen LogP contribution in [0, 0.1) is 5.92 Å². The smallest absolute Gasteiger partial charge is 0.247 e. The second-order valence-electron chi connectivity index (χ2n) is 6.04. The third-order valence-electron chi connectivity index (χ3n) is 4.34. The Morgan fingerprint density at radius 1 is 1.22 bits per heavy atom. The average molecular weight is 314 g/mol. The summed E-state index contributed by atoms with van der Waals surface area (Å²) in [5, 5.41) is 2.90. The minimum Gasteiger partial charge on any atom is -0.454 e. The third kappa shape index (κ3) is 2.76. The van der Waals surface area contributed by atoms with Gasteiger partial charge in [0.05, 0.1) is 0 Å². The normalized spacial score (nSPS) is 21.6. The second-order valence-corrected chi connectivity index (χ2v) is 6.04. The lowest BCUT2D eigenvalue weighted by Crippen LogP contribution is -2.46. The number of benzene rings is 1. The molecule has 23 heavy (non-hydrogen) atoms. The maximum absolute atomic E-state index is 12.4. The molecule has 0 aromatic heterocycles. The number of nitrogens with zero attached hydrogens (tertiary/aromatic N) is 1. The van der Waals surface area contributed by atoms with Crippen LogP contribution >= 0.6 is 0 Å². The zero-order valence-electron chi connectivity index (χ0n) is 12.7. The fourth-order valence-electron chi connectivity index (χ4n) is 2.89. The molecule has 1 saturated carbocycles. The number of fused-ring (bicyclic) bond motifs is 1. The van der Waals surface area contributed by atoms with Crippen molar-refractivity contribution in [3.63, 3.8) is 0 Å². The highest BCUT2D eigenvalue weighted by atomic mass is 16.7. The van der Waals surface area contributed by atoms with Crippen LogP contribution in [0.4, 0.5) is 0 Å². The van der Waals surface area contributed by atoms with Crippen LogP contribution < -0.4 is 14.8 Å². The summed E-state index contributed by atoms with van der Waals surface area (Å²) >= 11 is 0. The molecule has 3 aliphatic rings. The maximum atomic E-state index is 12.4. The van der Waals surface area contributed by atoms with Gasteiger partial charge in [0.25, 0.3) is 0 Å². The van der Waals surface area contributed by atoms with E-state index in [0.717, 1.165) is 24.2 Å². The fraction of sp³-hybridized carbons (Fsp3) is 0.412. The summed E-state index contributed by atoms with van der Waals surface area (Å²) < 4.78 is 10.6.